The monoisotopic (exact) mass is 300 g/mol. The van der Waals surface area contributed by atoms with Crippen molar-refractivity contribution < 1.29 is 13.2 Å². The summed E-state index contributed by atoms with van der Waals surface area (Å²) in [7, 11) is 0. The number of halogens is 3. The van der Waals surface area contributed by atoms with Crippen LogP contribution < -0.4 is 5.32 Å². The maximum absolute atomic E-state index is 12.6. The van der Waals surface area contributed by atoms with Gasteiger partial charge in [-0.25, -0.2) is 0 Å². The Labute approximate surface area is 122 Å². The molecule has 0 saturated carbocycles. The summed E-state index contributed by atoms with van der Waals surface area (Å²) < 4.78 is 39.6. The summed E-state index contributed by atoms with van der Waals surface area (Å²) in [5.74, 6) is 0. The van der Waals surface area contributed by atoms with E-state index in [9.17, 15) is 13.2 Å². The zero-order chi connectivity index (χ0) is 14.6. The Balaban J connectivity index is 0.00000220. The number of aromatic nitrogens is 3. The molecular formula is C14H19F3N4. The molecule has 0 amide bonds. The van der Waals surface area contributed by atoms with Crippen LogP contribution in [0.25, 0.3) is 11.4 Å². The average Bonchev–Trinajstić information content (AvgIpc) is 2.87. The van der Waals surface area contributed by atoms with E-state index in [1.165, 1.54) is 0 Å². The van der Waals surface area contributed by atoms with E-state index in [1.54, 1.807) is 16.9 Å². The van der Waals surface area contributed by atoms with Crippen LogP contribution in [0.4, 0.5) is 13.2 Å². The molecule has 4 nitrogen and oxygen atoms in total. The maximum atomic E-state index is 12.6. The fourth-order valence-corrected chi connectivity index (χ4v) is 1.74. The molecule has 0 bridgehead atoms. The van der Waals surface area contributed by atoms with Crippen LogP contribution in [0.5, 0.6) is 0 Å². The number of alkyl halides is 3. The van der Waals surface area contributed by atoms with E-state index in [0.29, 0.717) is 12.2 Å². The summed E-state index contributed by atoms with van der Waals surface area (Å²) >= 11 is 0. The summed E-state index contributed by atoms with van der Waals surface area (Å²) in [5.41, 5.74) is -0.0562. The molecule has 2 aromatic rings. The van der Waals surface area contributed by atoms with Crippen molar-refractivity contribution in [3.63, 3.8) is 0 Å². The molecule has 0 aliphatic carbocycles. The number of hydrogen-bond donors (Lipinski definition) is 1. The number of nitrogens with zero attached hydrogens (tertiary/aromatic N) is 3. The molecule has 0 atom stereocenters. The van der Waals surface area contributed by atoms with Crippen LogP contribution >= 0.6 is 0 Å². The van der Waals surface area contributed by atoms with Crippen molar-refractivity contribution in [3.05, 3.63) is 36.2 Å². The molecule has 1 N–H and O–H groups in total. The minimum atomic E-state index is -4.37. The molecule has 0 aliphatic heterocycles. The first-order chi connectivity index (χ1) is 9.50. The molecule has 0 radical (unpaired) electrons. The quantitative estimate of drug-likeness (QED) is 0.862. The standard InChI is InChI=1S/C13H15F3N4.CH4/c1-2-17-6-8-20-7-4-11(19-20)12-9-10(3-5-18-12)13(14,15)16;/h3-5,7,9,17H,2,6,8H2,1H3;1H4. The van der Waals surface area contributed by atoms with Gasteiger partial charge in [0.15, 0.2) is 0 Å². The zero-order valence-corrected chi connectivity index (χ0v) is 11.0. The molecule has 2 aromatic heterocycles. The van der Waals surface area contributed by atoms with E-state index in [-0.39, 0.29) is 13.1 Å². The molecule has 21 heavy (non-hydrogen) atoms. The van der Waals surface area contributed by atoms with Gasteiger partial charge in [0.05, 0.1) is 17.8 Å². The minimum Gasteiger partial charge on any atom is -0.315 e. The highest BCUT2D eigenvalue weighted by atomic mass is 19.4. The third-order valence-corrected chi connectivity index (χ3v) is 2.76. The Bertz CT molecular complexity index is 563. The van der Waals surface area contributed by atoms with Gasteiger partial charge in [-0.2, -0.15) is 18.3 Å². The second-order valence-electron chi connectivity index (χ2n) is 4.25. The van der Waals surface area contributed by atoms with Gasteiger partial charge in [0.2, 0.25) is 0 Å². The predicted octanol–water partition coefficient (Wildman–Crippen LogP) is 3.21. The van der Waals surface area contributed by atoms with E-state index in [0.717, 1.165) is 31.4 Å². The molecule has 0 saturated heterocycles. The minimum absolute atomic E-state index is 0. The van der Waals surface area contributed by atoms with Crippen LogP contribution in [0, 0.1) is 0 Å². The van der Waals surface area contributed by atoms with Gasteiger partial charge in [-0.3, -0.25) is 9.67 Å². The first kappa shape index (κ1) is 17.2. The van der Waals surface area contributed by atoms with Crippen molar-refractivity contribution in [3.8, 4) is 11.4 Å². The molecule has 0 aliphatic rings. The first-order valence-corrected chi connectivity index (χ1v) is 6.28. The SMILES string of the molecule is C.CCNCCn1ccc(-c2cc(C(F)(F)F)ccn2)n1. The van der Waals surface area contributed by atoms with E-state index < -0.39 is 11.7 Å². The summed E-state index contributed by atoms with van der Waals surface area (Å²) in [6, 6.07) is 3.62. The van der Waals surface area contributed by atoms with E-state index in [4.69, 9.17) is 0 Å². The van der Waals surface area contributed by atoms with Gasteiger partial charge in [0, 0.05) is 18.9 Å². The molecular weight excluding hydrogens is 281 g/mol. The Morgan fingerprint density at radius 2 is 2.00 bits per heavy atom. The van der Waals surface area contributed by atoms with Gasteiger partial charge in [-0.05, 0) is 24.7 Å². The van der Waals surface area contributed by atoms with Crippen LogP contribution in [-0.4, -0.2) is 27.9 Å². The van der Waals surface area contributed by atoms with Crippen molar-refractivity contribution in [2.45, 2.75) is 27.1 Å². The fourth-order valence-electron chi connectivity index (χ4n) is 1.74. The van der Waals surface area contributed by atoms with Gasteiger partial charge in [0.25, 0.3) is 0 Å². The van der Waals surface area contributed by atoms with Gasteiger partial charge in [0.1, 0.15) is 5.69 Å². The average molecular weight is 300 g/mol. The number of rotatable bonds is 5. The van der Waals surface area contributed by atoms with E-state index >= 15 is 0 Å². The van der Waals surface area contributed by atoms with Crippen molar-refractivity contribution in [1.82, 2.24) is 20.1 Å². The van der Waals surface area contributed by atoms with Crippen LogP contribution in [-0.2, 0) is 12.7 Å². The lowest BCUT2D eigenvalue weighted by Crippen LogP contribution is -2.19. The van der Waals surface area contributed by atoms with Gasteiger partial charge < -0.3 is 5.32 Å². The summed E-state index contributed by atoms with van der Waals surface area (Å²) in [5, 5.41) is 7.37. The van der Waals surface area contributed by atoms with Crippen LogP contribution in [0.1, 0.15) is 19.9 Å². The number of hydrogen-bond acceptors (Lipinski definition) is 3. The number of nitrogens with one attached hydrogen (secondary N) is 1. The summed E-state index contributed by atoms with van der Waals surface area (Å²) in [6.45, 7) is 4.28. The summed E-state index contributed by atoms with van der Waals surface area (Å²) in [6.07, 6.45) is -1.49. The van der Waals surface area contributed by atoms with E-state index in [1.807, 2.05) is 6.92 Å². The fraction of sp³-hybridized carbons (Fsp3) is 0.429. The first-order valence-electron chi connectivity index (χ1n) is 6.28. The highest BCUT2D eigenvalue weighted by Gasteiger charge is 2.30. The van der Waals surface area contributed by atoms with Crippen molar-refractivity contribution in [2.24, 2.45) is 0 Å². The second kappa shape index (κ2) is 7.21. The molecule has 2 rings (SSSR count). The molecule has 7 heteroatoms. The lowest BCUT2D eigenvalue weighted by Gasteiger charge is -2.06. The largest absolute Gasteiger partial charge is 0.416 e. The molecule has 116 valence electrons. The van der Waals surface area contributed by atoms with Crippen molar-refractivity contribution in [1.29, 1.82) is 0 Å². The third kappa shape index (κ3) is 4.56. The van der Waals surface area contributed by atoms with Crippen molar-refractivity contribution >= 4 is 0 Å². The number of likely N-dealkylation sites (N-methyl/N-ethyl adjacent to an activating group) is 1. The predicted molar refractivity (Wildman–Crippen MR) is 75.7 cm³/mol. The zero-order valence-electron chi connectivity index (χ0n) is 11.0. The van der Waals surface area contributed by atoms with E-state index in [2.05, 4.69) is 15.4 Å². The molecule has 0 fully saturated rings. The molecule has 0 unspecified atom stereocenters. The number of pyridine rings is 1. The molecule has 0 spiro atoms. The smallest absolute Gasteiger partial charge is 0.315 e. The summed E-state index contributed by atoms with van der Waals surface area (Å²) in [4.78, 5) is 3.94. The topological polar surface area (TPSA) is 42.7 Å². The van der Waals surface area contributed by atoms with Crippen LogP contribution in [0.2, 0.25) is 0 Å². The molecule has 2 heterocycles. The van der Waals surface area contributed by atoms with Crippen molar-refractivity contribution in [2.75, 3.05) is 13.1 Å². The van der Waals surface area contributed by atoms with Gasteiger partial charge in [-0.1, -0.05) is 14.4 Å². The third-order valence-electron chi connectivity index (χ3n) is 2.76. The Hall–Kier alpha value is -1.89. The highest BCUT2D eigenvalue weighted by molar-refractivity contribution is 5.54. The lowest BCUT2D eigenvalue weighted by atomic mass is 10.2. The maximum Gasteiger partial charge on any atom is 0.416 e. The Kier molecular flexibility index (Phi) is 5.90. The molecule has 0 aromatic carbocycles. The van der Waals surface area contributed by atoms with Crippen LogP contribution in [0.15, 0.2) is 30.6 Å². The van der Waals surface area contributed by atoms with Crippen LogP contribution in [0.3, 0.4) is 0 Å². The van der Waals surface area contributed by atoms with Gasteiger partial charge in [-0.15, -0.1) is 0 Å². The Morgan fingerprint density at radius 1 is 1.24 bits per heavy atom. The second-order valence-corrected chi connectivity index (χ2v) is 4.25. The Morgan fingerprint density at radius 3 is 2.67 bits per heavy atom. The highest BCUT2D eigenvalue weighted by Crippen LogP contribution is 2.30. The van der Waals surface area contributed by atoms with Gasteiger partial charge >= 0.3 is 6.18 Å². The lowest BCUT2D eigenvalue weighted by molar-refractivity contribution is -0.137. The normalized spacial score (nSPS) is 11.2.